The highest BCUT2D eigenvalue weighted by atomic mass is 16.7. The molecule has 0 radical (unpaired) electrons. The zero-order chi connectivity index (χ0) is 9.69. The summed E-state index contributed by atoms with van der Waals surface area (Å²) in [6, 6.07) is 0. The largest absolute Gasteiger partial charge is 0.481 e. The maximum Gasteiger partial charge on any atom is 0.312 e. The van der Waals surface area contributed by atoms with Crippen molar-refractivity contribution in [1.82, 2.24) is 0 Å². The first-order chi connectivity index (χ1) is 5.96. The number of rotatable bonds is 1. The lowest BCUT2D eigenvalue weighted by Crippen LogP contribution is -2.30. The van der Waals surface area contributed by atoms with Gasteiger partial charge in [0.15, 0.2) is 5.79 Å². The van der Waals surface area contributed by atoms with Crippen LogP contribution in [0.5, 0.6) is 0 Å². The Kier molecular flexibility index (Phi) is 1.69. The molecule has 2 aliphatic rings. The molecule has 2 fully saturated rings. The monoisotopic (exact) mass is 186 g/mol. The Hall–Kier alpha value is -0.610. The number of carbonyl (C=O) groups is 1. The number of hydrogen-bond acceptors (Lipinski definition) is 3. The lowest BCUT2D eigenvalue weighted by molar-refractivity contribution is -0.209. The smallest absolute Gasteiger partial charge is 0.312 e. The number of carboxylic acids is 1. The highest BCUT2D eigenvalue weighted by Gasteiger charge is 2.62. The van der Waals surface area contributed by atoms with Crippen molar-refractivity contribution in [3.8, 4) is 0 Å². The van der Waals surface area contributed by atoms with E-state index in [0.29, 0.717) is 13.0 Å². The maximum atomic E-state index is 10.9. The van der Waals surface area contributed by atoms with Crippen LogP contribution in [-0.4, -0.2) is 30.1 Å². The minimum atomic E-state index is -0.751. The van der Waals surface area contributed by atoms with Crippen LogP contribution in [0.3, 0.4) is 0 Å². The molecule has 13 heavy (non-hydrogen) atoms. The Morgan fingerprint density at radius 3 is 2.77 bits per heavy atom. The number of ether oxygens (including phenoxy) is 2. The Bertz CT molecular complexity index is 248. The van der Waals surface area contributed by atoms with Gasteiger partial charge in [0.1, 0.15) is 0 Å². The second-order valence-corrected chi connectivity index (χ2v) is 4.36. The van der Waals surface area contributed by atoms with Crippen molar-refractivity contribution < 1.29 is 19.4 Å². The summed E-state index contributed by atoms with van der Waals surface area (Å²) in [6.07, 6.45) is 0.693. The van der Waals surface area contributed by atoms with Crippen molar-refractivity contribution in [2.45, 2.75) is 26.1 Å². The van der Waals surface area contributed by atoms with Crippen LogP contribution < -0.4 is 0 Å². The first kappa shape index (κ1) is 8.97. The molecule has 1 N–H and O–H groups in total. The van der Waals surface area contributed by atoms with Crippen molar-refractivity contribution in [2.75, 3.05) is 13.2 Å². The standard InChI is InChI=1S/C9H14O4/c1-8(2)12-4-6-3-9(6,5-13-8)7(10)11/h6H,3-5H2,1-2H3,(H,10,11)/t6-,9-/m0/s1. The van der Waals surface area contributed by atoms with Crippen LogP contribution in [0.4, 0.5) is 0 Å². The van der Waals surface area contributed by atoms with Gasteiger partial charge < -0.3 is 14.6 Å². The minimum absolute atomic E-state index is 0.145. The summed E-state index contributed by atoms with van der Waals surface area (Å²) >= 11 is 0. The molecule has 1 heterocycles. The molecule has 2 atom stereocenters. The van der Waals surface area contributed by atoms with E-state index in [9.17, 15) is 4.79 Å². The number of hydrogen-bond donors (Lipinski definition) is 1. The van der Waals surface area contributed by atoms with Crippen LogP contribution in [0.25, 0.3) is 0 Å². The summed E-state index contributed by atoms with van der Waals surface area (Å²) in [5, 5.41) is 9.00. The summed E-state index contributed by atoms with van der Waals surface area (Å²) in [5.74, 6) is -1.24. The molecule has 0 unspecified atom stereocenters. The number of fused-ring (bicyclic) bond motifs is 1. The SMILES string of the molecule is CC1(C)OC[C@@H]2C[C@]2(C(=O)O)CO1. The Labute approximate surface area is 76.8 Å². The molecule has 1 aliphatic heterocycles. The van der Waals surface area contributed by atoms with Gasteiger partial charge in [-0.2, -0.15) is 0 Å². The van der Waals surface area contributed by atoms with Gasteiger partial charge in [-0.1, -0.05) is 0 Å². The first-order valence-corrected chi connectivity index (χ1v) is 4.48. The molecule has 1 saturated carbocycles. The lowest BCUT2D eigenvalue weighted by atomic mass is 10.1. The topological polar surface area (TPSA) is 55.8 Å². The predicted octanol–water partition coefficient (Wildman–Crippen LogP) is 0.860. The van der Waals surface area contributed by atoms with E-state index in [-0.39, 0.29) is 12.5 Å². The molecule has 4 heteroatoms. The molecule has 0 aromatic carbocycles. The molecule has 74 valence electrons. The predicted molar refractivity (Wildman–Crippen MR) is 44.2 cm³/mol. The maximum absolute atomic E-state index is 10.9. The summed E-state index contributed by atoms with van der Waals surface area (Å²) in [6.45, 7) is 4.40. The van der Waals surface area contributed by atoms with E-state index in [1.807, 2.05) is 13.8 Å². The third-order valence-corrected chi connectivity index (χ3v) is 2.97. The van der Waals surface area contributed by atoms with Gasteiger partial charge in [-0.25, -0.2) is 0 Å². The molecule has 0 bridgehead atoms. The van der Waals surface area contributed by atoms with Crippen molar-refractivity contribution >= 4 is 5.97 Å². The van der Waals surface area contributed by atoms with Crippen LogP contribution in [0.1, 0.15) is 20.3 Å². The van der Waals surface area contributed by atoms with E-state index < -0.39 is 17.2 Å². The Balaban J connectivity index is 2.10. The van der Waals surface area contributed by atoms with Gasteiger partial charge in [0.05, 0.1) is 18.6 Å². The molecule has 2 rings (SSSR count). The second kappa shape index (κ2) is 2.45. The van der Waals surface area contributed by atoms with Crippen molar-refractivity contribution in [3.05, 3.63) is 0 Å². The fourth-order valence-electron chi connectivity index (χ4n) is 1.75. The summed E-state index contributed by atoms with van der Waals surface area (Å²) in [5.41, 5.74) is -0.645. The van der Waals surface area contributed by atoms with E-state index in [4.69, 9.17) is 14.6 Å². The van der Waals surface area contributed by atoms with E-state index >= 15 is 0 Å². The third kappa shape index (κ3) is 1.34. The van der Waals surface area contributed by atoms with Crippen molar-refractivity contribution in [2.24, 2.45) is 11.3 Å². The Morgan fingerprint density at radius 1 is 1.46 bits per heavy atom. The highest BCUT2D eigenvalue weighted by molar-refractivity contribution is 5.78. The van der Waals surface area contributed by atoms with Crippen molar-refractivity contribution in [3.63, 3.8) is 0 Å². The van der Waals surface area contributed by atoms with E-state index in [1.165, 1.54) is 0 Å². The van der Waals surface area contributed by atoms with Gasteiger partial charge in [-0.3, -0.25) is 4.79 Å². The van der Waals surface area contributed by atoms with Crippen molar-refractivity contribution in [1.29, 1.82) is 0 Å². The molecule has 1 aliphatic carbocycles. The van der Waals surface area contributed by atoms with Crippen LogP contribution in [0.15, 0.2) is 0 Å². The van der Waals surface area contributed by atoms with Crippen LogP contribution in [0.2, 0.25) is 0 Å². The molecular formula is C9H14O4. The fraction of sp³-hybridized carbons (Fsp3) is 0.889. The Morgan fingerprint density at radius 2 is 2.15 bits per heavy atom. The van der Waals surface area contributed by atoms with Gasteiger partial charge in [-0.05, 0) is 20.3 Å². The highest BCUT2D eigenvalue weighted by Crippen LogP contribution is 2.55. The molecular weight excluding hydrogens is 172 g/mol. The zero-order valence-electron chi connectivity index (χ0n) is 7.87. The molecule has 0 aromatic heterocycles. The lowest BCUT2D eigenvalue weighted by Gasteiger charge is -2.24. The van der Waals surface area contributed by atoms with Gasteiger partial charge in [0.25, 0.3) is 0 Å². The number of carboxylic acid groups (broad SMARTS) is 1. The van der Waals surface area contributed by atoms with Crippen LogP contribution in [0, 0.1) is 11.3 Å². The van der Waals surface area contributed by atoms with Crippen LogP contribution >= 0.6 is 0 Å². The van der Waals surface area contributed by atoms with Gasteiger partial charge >= 0.3 is 5.97 Å². The third-order valence-electron chi connectivity index (χ3n) is 2.97. The summed E-state index contributed by atoms with van der Waals surface area (Å²) < 4.78 is 10.8. The first-order valence-electron chi connectivity index (χ1n) is 4.48. The van der Waals surface area contributed by atoms with E-state index in [2.05, 4.69) is 0 Å². The van der Waals surface area contributed by atoms with Gasteiger partial charge in [0.2, 0.25) is 0 Å². The quantitative estimate of drug-likeness (QED) is 0.660. The molecule has 0 aromatic rings. The second-order valence-electron chi connectivity index (χ2n) is 4.36. The summed E-state index contributed by atoms with van der Waals surface area (Å²) in [7, 11) is 0. The zero-order valence-corrected chi connectivity index (χ0v) is 7.87. The summed E-state index contributed by atoms with van der Waals surface area (Å²) in [4.78, 5) is 10.9. The van der Waals surface area contributed by atoms with Gasteiger partial charge in [0, 0.05) is 5.92 Å². The van der Waals surface area contributed by atoms with Crippen LogP contribution in [-0.2, 0) is 14.3 Å². The fourth-order valence-corrected chi connectivity index (χ4v) is 1.75. The molecule has 1 saturated heterocycles. The normalized spacial score (nSPS) is 41.8. The molecule has 0 spiro atoms. The van der Waals surface area contributed by atoms with Gasteiger partial charge in [-0.15, -0.1) is 0 Å². The van der Waals surface area contributed by atoms with E-state index in [0.717, 1.165) is 0 Å². The molecule has 0 amide bonds. The molecule has 4 nitrogen and oxygen atoms in total. The van der Waals surface area contributed by atoms with E-state index in [1.54, 1.807) is 0 Å². The minimum Gasteiger partial charge on any atom is -0.481 e. The average Bonchev–Trinajstić information content (AvgIpc) is 2.72. The number of aliphatic carboxylic acids is 1. The average molecular weight is 186 g/mol.